The highest BCUT2D eigenvalue weighted by molar-refractivity contribution is 5.45. The summed E-state index contributed by atoms with van der Waals surface area (Å²) >= 11 is 0. The van der Waals surface area contributed by atoms with Gasteiger partial charge in [-0.05, 0) is 48.4 Å². The molecule has 0 aromatic heterocycles. The van der Waals surface area contributed by atoms with Crippen molar-refractivity contribution in [3.63, 3.8) is 0 Å². The van der Waals surface area contributed by atoms with Gasteiger partial charge in [-0.2, -0.15) is 0 Å². The molecule has 0 radical (unpaired) electrons. The van der Waals surface area contributed by atoms with Crippen molar-refractivity contribution < 1.29 is 8.78 Å². The third kappa shape index (κ3) is 2.74. The first-order valence-electron chi connectivity index (χ1n) is 8.60. The number of fused-ring (bicyclic) bond motifs is 1. The van der Waals surface area contributed by atoms with E-state index < -0.39 is 0 Å². The van der Waals surface area contributed by atoms with Crippen LogP contribution in [0.1, 0.15) is 35.1 Å². The summed E-state index contributed by atoms with van der Waals surface area (Å²) in [5.74, 6) is -0.370. The average molecular weight is 328 g/mol. The van der Waals surface area contributed by atoms with Crippen LogP contribution in [0.25, 0.3) is 0 Å². The van der Waals surface area contributed by atoms with Crippen molar-refractivity contribution in [2.75, 3.05) is 33.2 Å². The minimum atomic E-state index is -0.206. The van der Waals surface area contributed by atoms with E-state index in [1.165, 1.54) is 12.1 Å². The second-order valence-corrected chi connectivity index (χ2v) is 6.94. The molecule has 24 heavy (non-hydrogen) atoms. The van der Waals surface area contributed by atoms with E-state index in [0.29, 0.717) is 0 Å². The van der Waals surface area contributed by atoms with Crippen LogP contribution in [0.4, 0.5) is 8.78 Å². The summed E-state index contributed by atoms with van der Waals surface area (Å²) in [4.78, 5) is 4.74. The summed E-state index contributed by atoms with van der Waals surface area (Å²) in [6.07, 6.45) is 0.823. The molecule has 1 saturated heterocycles. The van der Waals surface area contributed by atoms with E-state index >= 15 is 0 Å². The Hall–Kier alpha value is -1.78. The number of piperazine rings is 1. The number of likely N-dealkylation sites (N-methyl/N-ethyl adjacent to an activating group) is 1. The molecule has 4 heteroatoms. The molecule has 1 fully saturated rings. The predicted octanol–water partition coefficient (Wildman–Crippen LogP) is 3.79. The Kier molecular flexibility index (Phi) is 4.10. The Morgan fingerprint density at radius 1 is 0.875 bits per heavy atom. The zero-order valence-corrected chi connectivity index (χ0v) is 13.9. The van der Waals surface area contributed by atoms with Gasteiger partial charge in [0.15, 0.2) is 0 Å². The van der Waals surface area contributed by atoms with Crippen LogP contribution in [-0.2, 0) is 0 Å². The van der Waals surface area contributed by atoms with Crippen LogP contribution in [0.2, 0.25) is 0 Å². The molecule has 0 bridgehead atoms. The molecule has 126 valence electrons. The first-order valence-corrected chi connectivity index (χ1v) is 8.60. The fourth-order valence-corrected chi connectivity index (χ4v) is 4.16. The smallest absolute Gasteiger partial charge is 0.127 e. The van der Waals surface area contributed by atoms with E-state index in [2.05, 4.69) is 16.8 Å². The van der Waals surface area contributed by atoms with Crippen LogP contribution < -0.4 is 0 Å². The summed E-state index contributed by atoms with van der Waals surface area (Å²) in [7, 11) is 2.13. The third-order valence-corrected chi connectivity index (χ3v) is 5.50. The zero-order chi connectivity index (χ0) is 16.7. The van der Waals surface area contributed by atoms with E-state index in [9.17, 15) is 8.78 Å². The lowest BCUT2D eigenvalue weighted by Gasteiger charge is -2.37. The van der Waals surface area contributed by atoms with E-state index in [-0.39, 0.29) is 23.6 Å². The number of nitrogens with zero attached hydrogens (tertiary/aromatic N) is 2. The minimum absolute atomic E-state index is 0.00598. The van der Waals surface area contributed by atoms with E-state index in [0.717, 1.165) is 49.3 Å². The van der Waals surface area contributed by atoms with Crippen LogP contribution in [0, 0.1) is 11.6 Å². The molecule has 2 aromatic carbocycles. The maximum atomic E-state index is 14.3. The molecule has 4 rings (SSSR count). The normalized spacial score (nSPS) is 25.0. The summed E-state index contributed by atoms with van der Waals surface area (Å²) in [5.41, 5.74) is 2.83. The standard InChI is InChI=1S/C20H22F2N2/c1-23-8-10-24(11-9-23)20-13-17(16-4-2-3-5-19(16)22)15-7-6-14(21)12-18(15)20/h2-7,12,17,20H,8-11,13H2,1H3/t17-,20-/m1/s1. The fraction of sp³-hybridized carbons (Fsp3) is 0.400. The van der Waals surface area contributed by atoms with E-state index in [1.807, 2.05) is 18.2 Å². The SMILES string of the molecule is CN1CCN([C@@H]2C[C@@H](c3ccccc3F)c3ccc(F)cc32)CC1. The Morgan fingerprint density at radius 3 is 2.38 bits per heavy atom. The fourth-order valence-electron chi connectivity index (χ4n) is 4.16. The number of halogens is 2. The molecular weight excluding hydrogens is 306 g/mol. The number of hydrogen-bond acceptors (Lipinski definition) is 2. The summed E-state index contributed by atoms with van der Waals surface area (Å²) in [6.45, 7) is 3.99. The van der Waals surface area contributed by atoms with Crippen molar-refractivity contribution >= 4 is 0 Å². The molecule has 2 nitrogen and oxygen atoms in total. The van der Waals surface area contributed by atoms with Crippen molar-refractivity contribution in [2.45, 2.75) is 18.4 Å². The molecule has 1 aliphatic heterocycles. The average Bonchev–Trinajstić information content (AvgIpc) is 2.94. The van der Waals surface area contributed by atoms with Gasteiger partial charge in [0.25, 0.3) is 0 Å². The van der Waals surface area contributed by atoms with Gasteiger partial charge in [-0.3, -0.25) is 4.90 Å². The molecule has 0 amide bonds. The van der Waals surface area contributed by atoms with Gasteiger partial charge in [-0.25, -0.2) is 8.78 Å². The summed E-state index contributed by atoms with van der Waals surface area (Å²) in [5, 5.41) is 0. The van der Waals surface area contributed by atoms with Crippen molar-refractivity contribution in [3.05, 3.63) is 70.8 Å². The second kappa shape index (κ2) is 6.26. The molecule has 1 heterocycles. The molecule has 2 aromatic rings. The highest BCUT2D eigenvalue weighted by Crippen LogP contribution is 2.47. The first-order chi connectivity index (χ1) is 11.6. The summed E-state index contributed by atoms with van der Waals surface area (Å²) < 4.78 is 28.2. The highest BCUT2D eigenvalue weighted by atomic mass is 19.1. The monoisotopic (exact) mass is 328 g/mol. The maximum Gasteiger partial charge on any atom is 0.127 e. The van der Waals surface area contributed by atoms with Crippen LogP contribution in [0.5, 0.6) is 0 Å². The van der Waals surface area contributed by atoms with Crippen molar-refractivity contribution in [1.29, 1.82) is 0 Å². The lowest BCUT2D eigenvalue weighted by Crippen LogP contribution is -2.45. The first kappa shape index (κ1) is 15.7. The van der Waals surface area contributed by atoms with E-state index in [1.54, 1.807) is 12.1 Å². The van der Waals surface area contributed by atoms with Gasteiger partial charge >= 0.3 is 0 Å². The van der Waals surface area contributed by atoms with Gasteiger partial charge < -0.3 is 4.90 Å². The molecule has 0 saturated carbocycles. The largest absolute Gasteiger partial charge is 0.304 e. The second-order valence-electron chi connectivity index (χ2n) is 6.94. The van der Waals surface area contributed by atoms with Gasteiger partial charge in [0.2, 0.25) is 0 Å². The molecule has 2 atom stereocenters. The Morgan fingerprint density at radius 2 is 1.62 bits per heavy atom. The zero-order valence-electron chi connectivity index (χ0n) is 13.9. The van der Waals surface area contributed by atoms with Crippen molar-refractivity contribution in [2.24, 2.45) is 0 Å². The number of rotatable bonds is 2. The lowest BCUT2D eigenvalue weighted by molar-refractivity contribution is 0.110. The quantitative estimate of drug-likeness (QED) is 0.828. The van der Waals surface area contributed by atoms with Crippen LogP contribution >= 0.6 is 0 Å². The van der Waals surface area contributed by atoms with Crippen LogP contribution in [0.3, 0.4) is 0 Å². The van der Waals surface area contributed by atoms with Crippen molar-refractivity contribution in [1.82, 2.24) is 9.80 Å². The van der Waals surface area contributed by atoms with Gasteiger partial charge in [0, 0.05) is 38.1 Å². The van der Waals surface area contributed by atoms with Gasteiger partial charge in [-0.15, -0.1) is 0 Å². The molecular formula is C20H22F2N2. The van der Waals surface area contributed by atoms with Gasteiger partial charge in [-0.1, -0.05) is 24.3 Å². The maximum absolute atomic E-state index is 14.3. The summed E-state index contributed by atoms with van der Waals surface area (Å²) in [6, 6.07) is 12.1. The van der Waals surface area contributed by atoms with Gasteiger partial charge in [0.05, 0.1) is 0 Å². The Labute approximate surface area is 141 Å². The number of benzene rings is 2. The predicted molar refractivity (Wildman–Crippen MR) is 91.1 cm³/mol. The van der Waals surface area contributed by atoms with Crippen LogP contribution in [-0.4, -0.2) is 43.0 Å². The van der Waals surface area contributed by atoms with Crippen LogP contribution in [0.15, 0.2) is 42.5 Å². The minimum Gasteiger partial charge on any atom is -0.304 e. The number of hydrogen-bond donors (Lipinski definition) is 0. The third-order valence-electron chi connectivity index (χ3n) is 5.50. The molecule has 0 spiro atoms. The van der Waals surface area contributed by atoms with Gasteiger partial charge in [0.1, 0.15) is 11.6 Å². The highest BCUT2D eigenvalue weighted by Gasteiger charge is 2.37. The molecule has 1 aliphatic carbocycles. The Bertz CT molecular complexity index is 738. The molecule has 0 N–H and O–H groups in total. The van der Waals surface area contributed by atoms with Crippen molar-refractivity contribution in [3.8, 4) is 0 Å². The molecule has 0 unspecified atom stereocenters. The lowest BCUT2D eigenvalue weighted by atomic mass is 9.92. The molecule has 2 aliphatic rings. The topological polar surface area (TPSA) is 6.48 Å². The van der Waals surface area contributed by atoms with E-state index in [4.69, 9.17) is 0 Å². The Balaban J connectivity index is 1.71.